The normalized spacial score (nSPS) is 48.4. The summed E-state index contributed by atoms with van der Waals surface area (Å²) in [6.07, 6.45) is -37.3. The van der Waals surface area contributed by atoms with Crippen molar-refractivity contribution in [3.05, 3.63) is 0 Å². The molecule has 0 aromatic heterocycles. The molecule has 5 rings (SSSR count). The van der Waals surface area contributed by atoms with Gasteiger partial charge in [0.1, 0.15) is 110 Å². The zero-order valence-electron chi connectivity index (χ0n) is 35.9. The number of aliphatic hydroxyl groups is 15. The Balaban J connectivity index is 1.22. The highest BCUT2D eigenvalue weighted by Gasteiger charge is 2.56. The van der Waals surface area contributed by atoms with Gasteiger partial charge >= 0.3 is 0 Å². The van der Waals surface area contributed by atoms with E-state index in [0.29, 0.717) is 0 Å². The number of aliphatic hydroxyl groups excluding tert-OH is 15. The summed E-state index contributed by atoms with van der Waals surface area (Å²) in [6.45, 7) is -5.88. The van der Waals surface area contributed by atoms with Crippen LogP contribution in [0.1, 0.15) is 0 Å². The van der Waals surface area contributed by atoms with E-state index < -0.39 is 224 Å². The Bertz CT molecular complexity index is 1470. The van der Waals surface area contributed by atoms with E-state index in [1.165, 1.54) is 0 Å². The molecule has 0 unspecified atom stereocenters. The summed E-state index contributed by atoms with van der Waals surface area (Å²) in [5.41, 5.74) is 36.7. The fraction of sp³-hybridized carbons (Fsp3) is 1.00. The zero-order chi connectivity index (χ0) is 49.8. The van der Waals surface area contributed by atoms with Gasteiger partial charge in [0.15, 0.2) is 31.5 Å². The molecule has 0 saturated carbocycles. The van der Waals surface area contributed by atoms with E-state index in [1.807, 2.05) is 0 Å². The van der Waals surface area contributed by atoms with Crippen LogP contribution in [0.2, 0.25) is 0 Å². The lowest BCUT2D eigenvalue weighted by molar-refractivity contribution is -0.365. The van der Waals surface area contributed by atoms with Gasteiger partial charge in [-0.3, -0.25) is 0 Å². The van der Waals surface area contributed by atoms with E-state index in [4.69, 9.17) is 81.8 Å². The third kappa shape index (κ3) is 12.2. The highest BCUT2D eigenvalue weighted by molar-refractivity contribution is 5.01. The number of rotatable bonds is 20. The maximum atomic E-state index is 11.4. The minimum Gasteiger partial charge on any atom is -0.395 e. The third-order valence-corrected chi connectivity index (χ3v) is 12.5. The lowest BCUT2D eigenvalue weighted by Gasteiger charge is -2.50. The summed E-state index contributed by atoms with van der Waals surface area (Å²) >= 11 is 0. The van der Waals surface area contributed by atoms with Crippen LogP contribution in [0.5, 0.6) is 0 Å². The Hall–Kier alpha value is -1.24. The first-order chi connectivity index (χ1) is 31.7. The molecule has 0 bridgehead atoms. The first-order valence-corrected chi connectivity index (χ1v) is 21.5. The number of nitrogens with two attached hydrogens (primary N) is 6. The molecule has 5 aliphatic heterocycles. The Labute approximate surface area is 382 Å². The molecule has 27 N–H and O–H groups in total. The van der Waals surface area contributed by atoms with Gasteiger partial charge in [-0.2, -0.15) is 0 Å². The minimum atomic E-state index is -1.81. The summed E-state index contributed by atoms with van der Waals surface area (Å²) in [6, 6.07) is -8.95. The van der Waals surface area contributed by atoms with Gasteiger partial charge in [-0.15, -0.1) is 0 Å². The Morgan fingerprint density at radius 3 is 0.970 bits per heavy atom. The van der Waals surface area contributed by atoms with Gasteiger partial charge in [0, 0.05) is 0 Å². The molecule has 394 valence electrons. The average molecular weight is 987 g/mol. The maximum absolute atomic E-state index is 11.4. The highest BCUT2D eigenvalue weighted by Crippen LogP contribution is 2.35. The van der Waals surface area contributed by atoms with Gasteiger partial charge in [-0.25, -0.2) is 0 Å². The summed E-state index contributed by atoms with van der Waals surface area (Å²) < 4.78 is 57.6. The molecular weight excluding hydrogens is 916 g/mol. The monoisotopic (exact) mass is 986 g/mol. The van der Waals surface area contributed by atoms with Crippen LogP contribution in [0, 0.1) is 0 Å². The van der Waals surface area contributed by atoms with Crippen LogP contribution in [-0.4, -0.2) is 300 Å². The second-order valence-corrected chi connectivity index (χ2v) is 17.0. The van der Waals surface area contributed by atoms with Crippen LogP contribution in [0.25, 0.3) is 0 Å². The van der Waals surface area contributed by atoms with Crippen molar-refractivity contribution in [3.8, 4) is 0 Å². The molecular formula is C36H70N6O25. The average Bonchev–Trinajstić information content (AvgIpc) is 3.33. The molecule has 31 nitrogen and oxygen atoms in total. The standard InChI is InChI=1S/C36H70N6O25/c37-8(1-43)20(51)27(9(50)2-44)63-33-16(39)23(54)29(11(4-46)59-33)65-35-18(41)25(56)31(13(6-48)61-35)67-36-19(42)26(57)30(14(7-49)62-36)66-34-17(40)24(55)28(12(5-47)60-34)64-32-15(38)22(53)21(52)10(3-45)58-32/h8-36,43-57H,1-7,37-42H2/t8-,9+,10+,11+,12+,13+,14+,15+,16+,17+,18+,19+,20+,21+,22+,23+,24+,25+,26+,27+,28+,29+,30+,31+,32-,33-,34-,35-,36-/m0/s1. The van der Waals surface area contributed by atoms with Crippen molar-refractivity contribution in [2.24, 2.45) is 34.4 Å². The summed E-state index contributed by atoms with van der Waals surface area (Å²) in [7, 11) is 0. The molecule has 5 saturated heterocycles. The second-order valence-electron chi connectivity index (χ2n) is 17.0. The van der Waals surface area contributed by atoms with Gasteiger partial charge in [-0.1, -0.05) is 0 Å². The predicted octanol–water partition coefficient (Wildman–Crippen LogP) is -14.7. The number of hydrogen-bond acceptors (Lipinski definition) is 31. The SMILES string of the molecule is N[C@H]1[C@H](O[C@H]2[C@H](O)[C@@H](N)[C@H](O[C@H]3[C@H](O)[C@@H](N)[C@H](O[C@H]4[C@H](O)[C@@H](N)[C@H](O[C@H]5[C@H](O)[C@@H](N)[C@H](O[C@@H]([C@H](O)[C@@H](N)CO)[C@H](O)CO)O[C@@H]5CO)O[C@@H]4CO)O[C@@H]3CO)O[C@@H]2CO)O[C@H](CO)[C@@H](O)[C@@H]1O. The van der Waals surface area contributed by atoms with Crippen molar-refractivity contribution in [1.82, 2.24) is 0 Å². The molecule has 29 atom stereocenters. The molecule has 5 fully saturated rings. The molecule has 31 heteroatoms. The lowest BCUT2D eigenvalue weighted by atomic mass is 9.93. The second kappa shape index (κ2) is 24.9. The van der Waals surface area contributed by atoms with Crippen LogP contribution in [0.15, 0.2) is 0 Å². The first-order valence-electron chi connectivity index (χ1n) is 21.5. The molecule has 0 aromatic rings. The van der Waals surface area contributed by atoms with E-state index in [1.54, 1.807) is 0 Å². The van der Waals surface area contributed by atoms with E-state index in [-0.39, 0.29) is 0 Å². The maximum Gasteiger partial charge on any atom is 0.176 e. The molecule has 0 aliphatic carbocycles. The Morgan fingerprint density at radius 1 is 0.388 bits per heavy atom. The van der Waals surface area contributed by atoms with Crippen LogP contribution in [-0.2, 0) is 47.4 Å². The van der Waals surface area contributed by atoms with E-state index in [9.17, 15) is 76.6 Å². The molecule has 5 aliphatic rings. The van der Waals surface area contributed by atoms with Crippen LogP contribution < -0.4 is 34.4 Å². The highest BCUT2D eigenvalue weighted by atomic mass is 16.8. The van der Waals surface area contributed by atoms with Crippen molar-refractivity contribution >= 4 is 0 Å². The Morgan fingerprint density at radius 2 is 0.672 bits per heavy atom. The molecule has 0 spiro atoms. The largest absolute Gasteiger partial charge is 0.395 e. The quantitative estimate of drug-likeness (QED) is 0.0538. The van der Waals surface area contributed by atoms with Gasteiger partial charge in [0.05, 0.1) is 82.5 Å². The molecule has 0 aromatic carbocycles. The third-order valence-electron chi connectivity index (χ3n) is 12.5. The minimum absolute atomic E-state index is 0.731. The van der Waals surface area contributed by atoms with Crippen LogP contribution >= 0.6 is 0 Å². The first kappa shape index (κ1) is 56.7. The summed E-state index contributed by atoms with van der Waals surface area (Å²) in [4.78, 5) is 0. The topological polar surface area (TPSA) is 552 Å². The van der Waals surface area contributed by atoms with E-state index in [2.05, 4.69) is 0 Å². The molecule has 0 radical (unpaired) electrons. The van der Waals surface area contributed by atoms with E-state index >= 15 is 0 Å². The smallest absolute Gasteiger partial charge is 0.176 e. The Kier molecular flexibility index (Phi) is 21.1. The van der Waals surface area contributed by atoms with Gasteiger partial charge in [-0.05, 0) is 0 Å². The predicted molar refractivity (Wildman–Crippen MR) is 213 cm³/mol. The van der Waals surface area contributed by atoms with Gasteiger partial charge in [0.25, 0.3) is 0 Å². The van der Waals surface area contributed by atoms with Gasteiger partial charge in [0.2, 0.25) is 0 Å². The van der Waals surface area contributed by atoms with Crippen molar-refractivity contribution in [2.45, 2.75) is 178 Å². The fourth-order valence-electron chi connectivity index (χ4n) is 8.37. The van der Waals surface area contributed by atoms with Crippen LogP contribution in [0.4, 0.5) is 0 Å². The summed E-state index contributed by atoms with van der Waals surface area (Å²) in [5.74, 6) is 0. The number of ether oxygens (including phenoxy) is 10. The van der Waals surface area contributed by atoms with Crippen LogP contribution in [0.3, 0.4) is 0 Å². The van der Waals surface area contributed by atoms with Gasteiger partial charge < -0.3 is 158 Å². The van der Waals surface area contributed by atoms with E-state index in [0.717, 1.165) is 0 Å². The zero-order valence-corrected chi connectivity index (χ0v) is 35.9. The number of hydrogen-bond donors (Lipinski definition) is 21. The van der Waals surface area contributed by atoms with Crippen molar-refractivity contribution in [1.29, 1.82) is 0 Å². The summed E-state index contributed by atoms with van der Waals surface area (Å²) in [5, 5.41) is 156. The lowest BCUT2D eigenvalue weighted by Crippen LogP contribution is -2.71. The molecule has 5 heterocycles. The van der Waals surface area contributed by atoms with Crippen molar-refractivity contribution < 1.29 is 124 Å². The molecule has 67 heavy (non-hydrogen) atoms. The van der Waals surface area contributed by atoms with Crippen molar-refractivity contribution in [2.75, 3.05) is 46.2 Å². The fourth-order valence-corrected chi connectivity index (χ4v) is 8.37. The van der Waals surface area contributed by atoms with Crippen molar-refractivity contribution in [3.63, 3.8) is 0 Å². The molecule has 0 amide bonds.